The first kappa shape index (κ1) is 13.5. The van der Waals surface area contributed by atoms with Crippen molar-refractivity contribution in [3.8, 4) is 17.2 Å². The van der Waals surface area contributed by atoms with Crippen LogP contribution in [0.5, 0.6) is 17.2 Å². The van der Waals surface area contributed by atoms with Gasteiger partial charge < -0.3 is 19.7 Å². The van der Waals surface area contributed by atoms with E-state index in [0.717, 1.165) is 12.1 Å². The van der Waals surface area contributed by atoms with Crippen molar-refractivity contribution in [2.45, 2.75) is 6.92 Å². The van der Waals surface area contributed by atoms with E-state index in [1.54, 1.807) is 19.1 Å². The molecule has 1 aromatic carbocycles. The van der Waals surface area contributed by atoms with Crippen molar-refractivity contribution in [1.29, 1.82) is 0 Å². The van der Waals surface area contributed by atoms with Crippen molar-refractivity contribution >= 4 is 11.6 Å². The van der Waals surface area contributed by atoms with Gasteiger partial charge in [-0.25, -0.2) is 5.43 Å². The number of furan rings is 1. The molecule has 2 aromatic rings. The molecule has 1 heterocycles. The molecule has 20 heavy (non-hydrogen) atoms. The Balaban J connectivity index is 2.15. The normalized spacial score (nSPS) is 11.3. The fourth-order valence-electron chi connectivity index (χ4n) is 1.47. The summed E-state index contributed by atoms with van der Waals surface area (Å²) in [7, 11) is 0. The fourth-order valence-corrected chi connectivity index (χ4v) is 1.47. The molecule has 7 nitrogen and oxygen atoms in total. The lowest BCUT2D eigenvalue weighted by Gasteiger charge is -2.05. The highest BCUT2D eigenvalue weighted by Gasteiger charge is 2.13. The van der Waals surface area contributed by atoms with E-state index in [9.17, 15) is 20.1 Å². The highest BCUT2D eigenvalue weighted by molar-refractivity contribution is 5.99. The zero-order valence-corrected chi connectivity index (χ0v) is 10.5. The Morgan fingerprint density at radius 3 is 2.45 bits per heavy atom. The zero-order chi connectivity index (χ0) is 14.7. The van der Waals surface area contributed by atoms with Crippen LogP contribution >= 0.6 is 0 Å². The van der Waals surface area contributed by atoms with Gasteiger partial charge in [0.05, 0.1) is 6.26 Å². The number of hydrazone groups is 1. The molecule has 0 saturated carbocycles. The van der Waals surface area contributed by atoms with Crippen LogP contribution < -0.4 is 5.43 Å². The lowest BCUT2D eigenvalue weighted by Crippen LogP contribution is -2.19. The molecular weight excluding hydrogens is 264 g/mol. The van der Waals surface area contributed by atoms with E-state index >= 15 is 0 Å². The van der Waals surface area contributed by atoms with E-state index in [1.807, 2.05) is 0 Å². The quantitative estimate of drug-likeness (QED) is 0.385. The summed E-state index contributed by atoms with van der Waals surface area (Å²) in [6.07, 6.45) is 1.48. The van der Waals surface area contributed by atoms with Crippen LogP contribution in [0.4, 0.5) is 0 Å². The number of carbonyl (C=O) groups excluding carboxylic acids is 1. The predicted molar refractivity (Wildman–Crippen MR) is 69.8 cm³/mol. The number of carbonyl (C=O) groups is 1. The number of hydrogen-bond donors (Lipinski definition) is 4. The number of phenols is 3. The molecule has 0 radical (unpaired) electrons. The number of benzene rings is 1. The molecule has 104 valence electrons. The third-order valence-corrected chi connectivity index (χ3v) is 2.53. The first-order valence-electron chi connectivity index (χ1n) is 5.62. The Hall–Kier alpha value is -2.96. The second-order valence-electron chi connectivity index (χ2n) is 3.98. The van der Waals surface area contributed by atoms with Gasteiger partial charge in [-0.15, -0.1) is 0 Å². The smallest absolute Gasteiger partial charge is 0.271 e. The molecule has 0 aliphatic carbocycles. The van der Waals surface area contributed by atoms with Crippen LogP contribution in [-0.4, -0.2) is 26.9 Å². The monoisotopic (exact) mass is 276 g/mol. The van der Waals surface area contributed by atoms with Gasteiger partial charge >= 0.3 is 0 Å². The number of nitrogens with one attached hydrogen (secondary N) is 1. The molecule has 0 atom stereocenters. The molecular formula is C13H12N2O5. The molecule has 1 aromatic heterocycles. The Kier molecular flexibility index (Phi) is 3.60. The largest absolute Gasteiger partial charge is 0.504 e. The van der Waals surface area contributed by atoms with Gasteiger partial charge in [-0.05, 0) is 31.2 Å². The van der Waals surface area contributed by atoms with Gasteiger partial charge in [0.15, 0.2) is 17.2 Å². The van der Waals surface area contributed by atoms with Crippen LogP contribution in [0.2, 0.25) is 0 Å². The Morgan fingerprint density at radius 1 is 1.25 bits per heavy atom. The lowest BCUT2D eigenvalue weighted by molar-refractivity contribution is 0.0954. The average Bonchev–Trinajstić information content (AvgIpc) is 2.95. The molecule has 7 heteroatoms. The number of amides is 1. The summed E-state index contributed by atoms with van der Waals surface area (Å²) < 4.78 is 5.09. The SMILES string of the molecule is C/C(=N\NC(=O)c1cc(O)c(O)c(O)c1)c1ccco1. The Bertz CT molecular complexity index is 638. The Morgan fingerprint density at radius 2 is 1.90 bits per heavy atom. The number of aromatic hydroxyl groups is 3. The number of rotatable bonds is 3. The number of phenolic OH excluding ortho intramolecular Hbond substituents is 3. The maximum absolute atomic E-state index is 11.8. The third-order valence-electron chi connectivity index (χ3n) is 2.53. The summed E-state index contributed by atoms with van der Waals surface area (Å²) in [5.74, 6) is -2.02. The average molecular weight is 276 g/mol. The molecule has 4 N–H and O–H groups in total. The van der Waals surface area contributed by atoms with Crippen molar-refractivity contribution in [2.24, 2.45) is 5.10 Å². The van der Waals surface area contributed by atoms with Crippen LogP contribution in [0.1, 0.15) is 23.0 Å². The number of hydrogen-bond acceptors (Lipinski definition) is 6. The molecule has 0 saturated heterocycles. The first-order valence-corrected chi connectivity index (χ1v) is 5.62. The molecule has 0 bridgehead atoms. The van der Waals surface area contributed by atoms with E-state index in [0.29, 0.717) is 11.5 Å². The highest BCUT2D eigenvalue weighted by Crippen LogP contribution is 2.35. The summed E-state index contributed by atoms with van der Waals surface area (Å²) in [5, 5.41) is 31.6. The minimum absolute atomic E-state index is 0.0474. The molecule has 0 aliphatic rings. The second kappa shape index (κ2) is 5.35. The summed E-state index contributed by atoms with van der Waals surface area (Å²) in [6, 6.07) is 5.40. The first-order chi connectivity index (χ1) is 9.49. The Labute approximate surface area is 113 Å². The van der Waals surface area contributed by atoms with Crippen LogP contribution in [0.15, 0.2) is 40.0 Å². The zero-order valence-electron chi connectivity index (χ0n) is 10.5. The van der Waals surface area contributed by atoms with Crippen LogP contribution in [0.3, 0.4) is 0 Å². The minimum Gasteiger partial charge on any atom is -0.504 e. The fraction of sp³-hybridized carbons (Fsp3) is 0.0769. The lowest BCUT2D eigenvalue weighted by atomic mass is 10.2. The second-order valence-corrected chi connectivity index (χ2v) is 3.98. The maximum atomic E-state index is 11.8. The van der Waals surface area contributed by atoms with Gasteiger partial charge in [0, 0.05) is 5.56 Å². The third kappa shape index (κ3) is 2.72. The van der Waals surface area contributed by atoms with Gasteiger partial charge in [0.1, 0.15) is 11.5 Å². The van der Waals surface area contributed by atoms with E-state index < -0.39 is 23.2 Å². The summed E-state index contributed by atoms with van der Waals surface area (Å²) >= 11 is 0. The van der Waals surface area contributed by atoms with Crippen LogP contribution in [-0.2, 0) is 0 Å². The van der Waals surface area contributed by atoms with Crippen molar-refractivity contribution in [3.63, 3.8) is 0 Å². The van der Waals surface area contributed by atoms with Crippen LogP contribution in [0, 0.1) is 0 Å². The van der Waals surface area contributed by atoms with E-state index in [-0.39, 0.29) is 5.56 Å². The molecule has 0 fully saturated rings. The minimum atomic E-state index is -0.684. The highest BCUT2D eigenvalue weighted by atomic mass is 16.3. The standard InChI is InChI=1S/C13H12N2O5/c1-7(11-3-2-4-20-11)14-15-13(19)8-5-9(16)12(18)10(17)6-8/h2-6,16-18H,1H3,(H,15,19)/b14-7+. The maximum Gasteiger partial charge on any atom is 0.271 e. The van der Waals surface area contributed by atoms with Crippen LogP contribution in [0.25, 0.3) is 0 Å². The van der Waals surface area contributed by atoms with Crippen molar-refractivity contribution in [3.05, 3.63) is 41.9 Å². The van der Waals surface area contributed by atoms with Crippen molar-refractivity contribution in [1.82, 2.24) is 5.43 Å². The summed E-state index contributed by atoms with van der Waals surface area (Å²) in [6.45, 7) is 1.64. The topological polar surface area (TPSA) is 115 Å². The van der Waals surface area contributed by atoms with Gasteiger partial charge in [-0.1, -0.05) is 0 Å². The number of nitrogens with zero attached hydrogens (tertiary/aromatic N) is 1. The predicted octanol–water partition coefficient (Wildman–Crippen LogP) is 1.55. The molecule has 1 amide bonds. The molecule has 0 unspecified atom stereocenters. The molecule has 0 spiro atoms. The van der Waals surface area contributed by atoms with Gasteiger partial charge in [-0.3, -0.25) is 4.79 Å². The molecule has 2 rings (SSSR count). The van der Waals surface area contributed by atoms with Gasteiger partial charge in [0.25, 0.3) is 5.91 Å². The van der Waals surface area contributed by atoms with Gasteiger partial charge in [0.2, 0.25) is 0 Å². The summed E-state index contributed by atoms with van der Waals surface area (Å²) in [4.78, 5) is 11.8. The van der Waals surface area contributed by atoms with Crippen molar-refractivity contribution in [2.75, 3.05) is 0 Å². The van der Waals surface area contributed by atoms with Crippen molar-refractivity contribution < 1.29 is 24.5 Å². The van der Waals surface area contributed by atoms with E-state index in [1.165, 1.54) is 6.26 Å². The summed E-state index contributed by atoms with van der Waals surface area (Å²) in [5.41, 5.74) is 2.65. The van der Waals surface area contributed by atoms with E-state index in [2.05, 4.69) is 10.5 Å². The van der Waals surface area contributed by atoms with Gasteiger partial charge in [-0.2, -0.15) is 5.10 Å². The molecule has 0 aliphatic heterocycles. The van der Waals surface area contributed by atoms with E-state index in [4.69, 9.17) is 4.42 Å².